The molecule has 20 heavy (non-hydrogen) atoms. The number of ether oxygens (including phenoxy) is 1. The average Bonchev–Trinajstić information content (AvgIpc) is 2.43. The lowest BCUT2D eigenvalue weighted by atomic mass is 10.1. The minimum absolute atomic E-state index is 0.0688. The largest absolute Gasteiger partial charge is 0.437 e. The second-order valence-electron chi connectivity index (χ2n) is 4.60. The van der Waals surface area contributed by atoms with E-state index in [1.165, 1.54) is 5.56 Å². The molecular formula is C15H18N4O. The molecule has 1 heterocycles. The van der Waals surface area contributed by atoms with Crippen molar-refractivity contribution in [2.75, 3.05) is 0 Å². The van der Waals surface area contributed by atoms with Crippen LogP contribution in [0, 0.1) is 19.3 Å². The number of hydrogen-bond acceptors (Lipinski definition) is 4. The van der Waals surface area contributed by atoms with Crippen molar-refractivity contribution in [1.82, 2.24) is 10.2 Å². The average molecular weight is 270 g/mol. The summed E-state index contributed by atoms with van der Waals surface area (Å²) in [4.78, 5) is 0. The van der Waals surface area contributed by atoms with Gasteiger partial charge in [-0.2, -0.15) is 5.10 Å². The summed E-state index contributed by atoms with van der Waals surface area (Å²) in [6.45, 7) is 5.78. The van der Waals surface area contributed by atoms with Crippen LogP contribution < -0.4 is 10.5 Å². The van der Waals surface area contributed by atoms with Crippen LogP contribution in [0.25, 0.3) is 0 Å². The monoisotopic (exact) mass is 270 g/mol. The van der Waals surface area contributed by atoms with Gasteiger partial charge in [0.15, 0.2) is 0 Å². The van der Waals surface area contributed by atoms with Crippen LogP contribution in [0.15, 0.2) is 24.3 Å². The van der Waals surface area contributed by atoms with Gasteiger partial charge in [-0.25, -0.2) is 0 Å². The maximum Gasteiger partial charge on any atom is 0.250 e. The van der Waals surface area contributed by atoms with E-state index in [0.29, 0.717) is 11.3 Å². The fraction of sp³-hybridized carbons (Fsp3) is 0.267. The molecule has 0 atom stereocenters. The molecule has 0 saturated carbocycles. The van der Waals surface area contributed by atoms with Gasteiger partial charge in [-0.05, 0) is 43.5 Å². The van der Waals surface area contributed by atoms with Crippen molar-refractivity contribution in [3.8, 4) is 11.6 Å². The van der Waals surface area contributed by atoms with Gasteiger partial charge >= 0.3 is 0 Å². The molecular weight excluding hydrogens is 252 g/mol. The van der Waals surface area contributed by atoms with Crippen molar-refractivity contribution in [2.24, 2.45) is 5.73 Å². The van der Waals surface area contributed by atoms with Gasteiger partial charge in [-0.1, -0.05) is 19.1 Å². The third-order valence-electron chi connectivity index (χ3n) is 3.24. The standard InChI is InChI=1S/C15H18N4O/c1-4-11-5-7-12(8-6-11)20-15-13(14(16)17)9(2)10(3)18-19-15/h5-8H,4H2,1-3H3,(H3,16,17). The van der Waals surface area contributed by atoms with Crippen LogP contribution in [0.1, 0.15) is 29.3 Å². The maximum atomic E-state index is 7.67. The summed E-state index contributed by atoms with van der Waals surface area (Å²) >= 11 is 0. The SMILES string of the molecule is CCc1ccc(Oc2nnc(C)c(C)c2C(=N)N)cc1. The molecule has 0 saturated heterocycles. The molecule has 0 bridgehead atoms. The van der Waals surface area contributed by atoms with E-state index in [1.807, 2.05) is 38.1 Å². The number of nitrogens with one attached hydrogen (secondary N) is 1. The zero-order valence-electron chi connectivity index (χ0n) is 11.9. The first-order valence-electron chi connectivity index (χ1n) is 6.48. The Morgan fingerprint density at radius 1 is 1.20 bits per heavy atom. The van der Waals surface area contributed by atoms with E-state index in [0.717, 1.165) is 17.7 Å². The predicted octanol–water partition coefficient (Wildman–Crippen LogP) is 2.73. The zero-order valence-corrected chi connectivity index (χ0v) is 11.9. The van der Waals surface area contributed by atoms with Crippen molar-refractivity contribution >= 4 is 5.84 Å². The van der Waals surface area contributed by atoms with Crippen molar-refractivity contribution in [2.45, 2.75) is 27.2 Å². The van der Waals surface area contributed by atoms with Gasteiger partial charge in [0.05, 0.1) is 11.3 Å². The highest BCUT2D eigenvalue weighted by Gasteiger charge is 2.15. The Morgan fingerprint density at radius 3 is 2.40 bits per heavy atom. The second kappa shape index (κ2) is 5.69. The van der Waals surface area contributed by atoms with E-state index in [-0.39, 0.29) is 11.7 Å². The number of aromatic nitrogens is 2. The molecule has 1 aromatic carbocycles. The Balaban J connectivity index is 2.37. The summed E-state index contributed by atoms with van der Waals surface area (Å²) in [7, 11) is 0. The fourth-order valence-electron chi connectivity index (χ4n) is 1.88. The highest BCUT2D eigenvalue weighted by atomic mass is 16.5. The number of rotatable bonds is 4. The van der Waals surface area contributed by atoms with E-state index < -0.39 is 0 Å². The van der Waals surface area contributed by atoms with Crippen LogP contribution in [-0.2, 0) is 6.42 Å². The predicted molar refractivity (Wildman–Crippen MR) is 78.4 cm³/mol. The zero-order chi connectivity index (χ0) is 14.7. The number of hydrogen-bond donors (Lipinski definition) is 2. The highest BCUT2D eigenvalue weighted by molar-refractivity contribution is 5.98. The second-order valence-corrected chi connectivity index (χ2v) is 4.60. The number of nitrogens with two attached hydrogens (primary N) is 1. The Morgan fingerprint density at radius 2 is 1.85 bits per heavy atom. The molecule has 0 aliphatic carbocycles. The molecule has 0 amide bonds. The van der Waals surface area contributed by atoms with Crippen molar-refractivity contribution in [1.29, 1.82) is 5.41 Å². The Kier molecular flexibility index (Phi) is 3.98. The van der Waals surface area contributed by atoms with Crippen LogP contribution in [0.4, 0.5) is 0 Å². The molecule has 2 aromatic rings. The minimum atomic E-state index is -0.0688. The molecule has 3 N–H and O–H groups in total. The molecule has 0 aliphatic heterocycles. The molecule has 104 valence electrons. The number of amidine groups is 1. The van der Waals surface area contributed by atoms with Gasteiger partial charge in [-0.3, -0.25) is 5.41 Å². The summed E-state index contributed by atoms with van der Waals surface area (Å²) in [5.41, 5.74) is 8.90. The number of nitrogen functional groups attached to an aromatic ring is 1. The summed E-state index contributed by atoms with van der Waals surface area (Å²) < 4.78 is 5.71. The Bertz CT molecular complexity index is 635. The summed E-state index contributed by atoms with van der Waals surface area (Å²) in [5.74, 6) is 0.854. The molecule has 0 radical (unpaired) electrons. The van der Waals surface area contributed by atoms with E-state index in [4.69, 9.17) is 15.9 Å². The van der Waals surface area contributed by atoms with Crippen molar-refractivity contribution < 1.29 is 4.74 Å². The lowest BCUT2D eigenvalue weighted by molar-refractivity contribution is 0.452. The first-order chi connectivity index (χ1) is 9.52. The quantitative estimate of drug-likeness (QED) is 0.660. The smallest absolute Gasteiger partial charge is 0.250 e. The summed E-state index contributed by atoms with van der Waals surface area (Å²) in [6.07, 6.45) is 0.975. The first kappa shape index (κ1) is 14.0. The third kappa shape index (κ3) is 2.77. The molecule has 0 fully saturated rings. The molecule has 2 rings (SSSR count). The minimum Gasteiger partial charge on any atom is -0.437 e. The Hall–Kier alpha value is -2.43. The molecule has 1 aromatic heterocycles. The molecule has 0 aliphatic rings. The van der Waals surface area contributed by atoms with Crippen LogP contribution in [-0.4, -0.2) is 16.0 Å². The van der Waals surface area contributed by atoms with Gasteiger partial charge in [-0.15, -0.1) is 5.10 Å². The fourth-order valence-corrected chi connectivity index (χ4v) is 1.88. The molecule has 5 nitrogen and oxygen atoms in total. The van der Waals surface area contributed by atoms with Gasteiger partial charge in [0.1, 0.15) is 11.6 Å². The highest BCUT2D eigenvalue weighted by Crippen LogP contribution is 2.25. The topological polar surface area (TPSA) is 84.9 Å². The molecule has 0 spiro atoms. The third-order valence-corrected chi connectivity index (χ3v) is 3.24. The van der Waals surface area contributed by atoms with E-state index in [1.54, 1.807) is 0 Å². The summed E-state index contributed by atoms with van der Waals surface area (Å²) in [5, 5.41) is 15.7. The van der Waals surface area contributed by atoms with Gasteiger partial charge in [0.2, 0.25) is 5.88 Å². The number of benzene rings is 1. The summed E-state index contributed by atoms with van der Waals surface area (Å²) in [6, 6.07) is 7.74. The van der Waals surface area contributed by atoms with Crippen LogP contribution in [0.2, 0.25) is 0 Å². The Labute approximate surface area is 118 Å². The first-order valence-corrected chi connectivity index (χ1v) is 6.48. The van der Waals surface area contributed by atoms with Gasteiger partial charge in [0, 0.05) is 0 Å². The van der Waals surface area contributed by atoms with E-state index in [2.05, 4.69) is 17.1 Å². The van der Waals surface area contributed by atoms with Gasteiger partial charge in [0.25, 0.3) is 0 Å². The lowest BCUT2D eigenvalue weighted by Gasteiger charge is -2.12. The lowest BCUT2D eigenvalue weighted by Crippen LogP contribution is -2.16. The van der Waals surface area contributed by atoms with Crippen molar-refractivity contribution in [3.63, 3.8) is 0 Å². The van der Waals surface area contributed by atoms with E-state index >= 15 is 0 Å². The normalized spacial score (nSPS) is 10.3. The number of nitrogens with zero attached hydrogens (tertiary/aromatic N) is 2. The van der Waals surface area contributed by atoms with Gasteiger partial charge < -0.3 is 10.5 Å². The van der Waals surface area contributed by atoms with E-state index in [9.17, 15) is 0 Å². The van der Waals surface area contributed by atoms with Crippen LogP contribution in [0.5, 0.6) is 11.6 Å². The molecule has 5 heteroatoms. The van der Waals surface area contributed by atoms with Crippen molar-refractivity contribution in [3.05, 3.63) is 46.6 Å². The van der Waals surface area contributed by atoms with Crippen LogP contribution >= 0.6 is 0 Å². The number of aryl methyl sites for hydroxylation is 2. The van der Waals surface area contributed by atoms with Crippen LogP contribution in [0.3, 0.4) is 0 Å². The maximum absolute atomic E-state index is 7.67. The molecule has 0 unspecified atom stereocenters.